The fourth-order valence-corrected chi connectivity index (χ4v) is 3.55. The molecule has 30 heavy (non-hydrogen) atoms. The summed E-state index contributed by atoms with van der Waals surface area (Å²) in [7, 11) is 3.01. The third-order valence-corrected chi connectivity index (χ3v) is 5.17. The van der Waals surface area contributed by atoms with E-state index in [9.17, 15) is 9.59 Å². The van der Waals surface area contributed by atoms with Crippen LogP contribution in [0, 0.1) is 0 Å². The minimum Gasteiger partial charge on any atom is -0.496 e. The van der Waals surface area contributed by atoms with Gasteiger partial charge in [-0.25, -0.2) is 0 Å². The number of ether oxygens (including phenoxy) is 2. The van der Waals surface area contributed by atoms with Gasteiger partial charge in [-0.15, -0.1) is 11.8 Å². The summed E-state index contributed by atoms with van der Waals surface area (Å²) in [6.45, 7) is 0. The SMILES string of the molecule is COc1cccc(OC)c1C(=O)Nc1cccc(SCC(=O)Nc2ccccc2)c1. The Morgan fingerprint density at radius 1 is 0.800 bits per heavy atom. The minimum atomic E-state index is -0.340. The third kappa shape index (κ3) is 5.55. The van der Waals surface area contributed by atoms with Crippen LogP contribution >= 0.6 is 11.8 Å². The van der Waals surface area contributed by atoms with Gasteiger partial charge in [-0.3, -0.25) is 9.59 Å². The van der Waals surface area contributed by atoms with Crippen LogP contribution < -0.4 is 20.1 Å². The molecule has 0 atom stereocenters. The number of hydrogen-bond donors (Lipinski definition) is 2. The van der Waals surface area contributed by atoms with Crippen LogP contribution in [0.2, 0.25) is 0 Å². The summed E-state index contributed by atoms with van der Waals surface area (Å²) in [6, 6.07) is 21.8. The van der Waals surface area contributed by atoms with Crippen LogP contribution in [0.1, 0.15) is 10.4 Å². The van der Waals surface area contributed by atoms with Crippen molar-refractivity contribution in [3.05, 3.63) is 78.4 Å². The molecule has 7 heteroatoms. The van der Waals surface area contributed by atoms with E-state index in [1.807, 2.05) is 48.5 Å². The molecular weight excluding hydrogens is 400 g/mol. The maximum absolute atomic E-state index is 12.8. The summed E-state index contributed by atoms with van der Waals surface area (Å²) in [5, 5.41) is 5.71. The van der Waals surface area contributed by atoms with E-state index < -0.39 is 0 Å². The average molecular weight is 423 g/mol. The molecule has 0 heterocycles. The van der Waals surface area contributed by atoms with Crippen LogP contribution in [0.5, 0.6) is 11.5 Å². The van der Waals surface area contributed by atoms with Gasteiger partial charge in [-0.2, -0.15) is 0 Å². The second-order valence-electron chi connectivity index (χ2n) is 6.22. The fraction of sp³-hybridized carbons (Fsp3) is 0.130. The highest BCUT2D eigenvalue weighted by molar-refractivity contribution is 8.00. The molecule has 0 radical (unpaired) electrons. The summed E-state index contributed by atoms with van der Waals surface area (Å²) < 4.78 is 10.6. The molecule has 3 aromatic rings. The Bertz CT molecular complexity index is 1000. The highest BCUT2D eigenvalue weighted by Gasteiger charge is 2.18. The number of benzene rings is 3. The number of amides is 2. The molecule has 0 bridgehead atoms. The standard InChI is InChI=1S/C23H22N2O4S/c1-28-19-12-7-13-20(29-2)22(19)23(27)25-17-10-6-11-18(14-17)30-15-21(26)24-16-8-4-3-5-9-16/h3-14H,15H2,1-2H3,(H,24,26)(H,25,27). The van der Waals surface area contributed by atoms with E-state index in [2.05, 4.69) is 10.6 Å². The van der Waals surface area contributed by atoms with Crippen molar-refractivity contribution in [2.45, 2.75) is 4.90 Å². The van der Waals surface area contributed by atoms with Gasteiger partial charge in [0.1, 0.15) is 17.1 Å². The quantitative estimate of drug-likeness (QED) is 0.515. The Labute approximate surface area is 179 Å². The van der Waals surface area contributed by atoms with Crippen molar-refractivity contribution < 1.29 is 19.1 Å². The lowest BCUT2D eigenvalue weighted by Gasteiger charge is -2.13. The smallest absolute Gasteiger partial charge is 0.263 e. The van der Waals surface area contributed by atoms with Gasteiger partial charge >= 0.3 is 0 Å². The van der Waals surface area contributed by atoms with E-state index in [-0.39, 0.29) is 17.6 Å². The zero-order valence-electron chi connectivity index (χ0n) is 16.7. The van der Waals surface area contributed by atoms with E-state index in [0.717, 1.165) is 10.6 Å². The summed E-state index contributed by atoms with van der Waals surface area (Å²) in [5.74, 6) is 0.671. The maximum Gasteiger partial charge on any atom is 0.263 e. The van der Waals surface area contributed by atoms with Crippen molar-refractivity contribution in [1.29, 1.82) is 0 Å². The van der Waals surface area contributed by atoms with Crippen molar-refractivity contribution in [3.8, 4) is 11.5 Å². The summed E-state index contributed by atoms with van der Waals surface area (Å²) in [4.78, 5) is 25.8. The molecular formula is C23H22N2O4S. The van der Waals surface area contributed by atoms with Gasteiger partial charge < -0.3 is 20.1 Å². The fourth-order valence-electron chi connectivity index (χ4n) is 2.80. The Balaban J connectivity index is 1.64. The number of carbonyl (C=O) groups is 2. The molecule has 0 fully saturated rings. The molecule has 0 aliphatic rings. The van der Waals surface area contributed by atoms with Crippen molar-refractivity contribution >= 4 is 35.0 Å². The monoisotopic (exact) mass is 422 g/mol. The highest BCUT2D eigenvalue weighted by Crippen LogP contribution is 2.29. The molecule has 0 saturated carbocycles. The summed E-state index contributed by atoms with van der Waals surface area (Å²) in [5.41, 5.74) is 1.69. The molecule has 0 saturated heterocycles. The predicted molar refractivity (Wildman–Crippen MR) is 120 cm³/mol. The van der Waals surface area contributed by atoms with Gasteiger partial charge in [-0.1, -0.05) is 30.3 Å². The topological polar surface area (TPSA) is 76.7 Å². The molecule has 6 nitrogen and oxygen atoms in total. The number of para-hydroxylation sites is 1. The molecule has 3 aromatic carbocycles. The van der Waals surface area contributed by atoms with Gasteiger partial charge in [0.2, 0.25) is 5.91 Å². The molecule has 154 valence electrons. The number of carbonyl (C=O) groups excluding carboxylic acids is 2. The predicted octanol–water partition coefficient (Wildman–Crippen LogP) is 4.69. The van der Waals surface area contributed by atoms with Crippen molar-refractivity contribution in [2.24, 2.45) is 0 Å². The van der Waals surface area contributed by atoms with E-state index in [1.165, 1.54) is 26.0 Å². The molecule has 0 aromatic heterocycles. The number of nitrogens with one attached hydrogen (secondary N) is 2. The van der Waals surface area contributed by atoms with Gasteiger partial charge in [-0.05, 0) is 42.5 Å². The molecule has 3 rings (SSSR count). The van der Waals surface area contributed by atoms with Crippen LogP contribution in [0.25, 0.3) is 0 Å². The second-order valence-corrected chi connectivity index (χ2v) is 7.27. The van der Waals surface area contributed by atoms with Crippen LogP contribution in [-0.2, 0) is 4.79 Å². The summed E-state index contributed by atoms with van der Waals surface area (Å²) in [6.07, 6.45) is 0. The maximum atomic E-state index is 12.8. The number of hydrogen-bond acceptors (Lipinski definition) is 5. The lowest BCUT2D eigenvalue weighted by molar-refractivity contribution is -0.113. The number of rotatable bonds is 8. The zero-order valence-corrected chi connectivity index (χ0v) is 17.5. The van der Waals surface area contributed by atoms with E-state index >= 15 is 0 Å². The van der Waals surface area contributed by atoms with Crippen molar-refractivity contribution in [1.82, 2.24) is 0 Å². The number of thioether (sulfide) groups is 1. The van der Waals surface area contributed by atoms with Crippen LogP contribution in [0.3, 0.4) is 0 Å². The molecule has 2 amide bonds. The molecule has 0 spiro atoms. The van der Waals surface area contributed by atoms with Crippen molar-refractivity contribution in [2.75, 3.05) is 30.6 Å². The minimum absolute atomic E-state index is 0.0978. The normalized spacial score (nSPS) is 10.2. The zero-order chi connectivity index (χ0) is 21.3. The lowest BCUT2D eigenvalue weighted by Crippen LogP contribution is -2.15. The van der Waals surface area contributed by atoms with Gasteiger partial charge in [0.15, 0.2) is 0 Å². The second kappa shape index (κ2) is 10.4. The number of methoxy groups -OCH3 is 2. The third-order valence-electron chi connectivity index (χ3n) is 4.17. The Kier molecular flexibility index (Phi) is 7.34. The van der Waals surface area contributed by atoms with E-state index in [0.29, 0.717) is 22.7 Å². The van der Waals surface area contributed by atoms with Gasteiger partial charge in [0, 0.05) is 16.3 Å². The molecule has 0 aliphatic heterocycles. The largest absolute Gasteiger partial charge is 0.496 e. The van der Waals surface area contributed by atoms with Crippen LogP contribution in [0.4, 0.5) is 11.4 Å². The van der Waals surface area contributed by atoms with E-state index in [1.54, 1.807) is 24.3 Å². The molecule has 2 N–H and O–H groups in total. The van der Waals surface area contributed by atoms with Gasteiger partial charge in [0.25, 0.3) is 5.91 Å². The Hall–Kier alpha value is -3.45. The Morgan fingerprint density at radius 3 is 2.10 bits per heavy atom. The first kappa shape index (κ1) is 21.3. The molecule has 0 aliphatic carbocycles. The van der Waals surface area contributed by atoms with Crippen molar-refractivity contribution in [3.63, 3.8) is 0 Å². The Morgan fingerprint density at radius 2 is 1.43 bits per heavy atom. The van der Waals surface area contributed by atoms with E-state index in [4.69, 9.17) is 9.47 Å². The lowest BCUT2D eigenvalue weighted by atomic mass is 10.1. The highest BCUT2D eigenvalue weighted by atomic mass is 32.2. The average Bonchev–Trinajstić information content (AvgIpc) is 2.78. The number of anilines is 2. The van der Waals surface area contributed by atoms with Crippen LogP contribution in [0.15, 0.2) is 77.7 Å². The van der Waals surface area contributed by atoms with Gasteiger partial charge in [0.05, 0.1) is 20.0 Å². The first-order valence-corrected chi connectivity index (χ1v) is 10.2. The first-order chi connectivity index (χ1) is 14.6. The molecule has 0 unspecified atom stereocenters. The summed E-state index contributed by atoms with van der Waals surface area (Å²) >= 11 is 1.39. The first-order valence-electron chi connectivity index (χ1n) is 9.21. The van der Waals surface area contributed by atoms with Crippen LogP contribution in [-0.4, -0.2) is 31.8 Å².